The molecule has 0 bridgehead atoms. The van der Waals surface area contributed by atoms with Crippen LogP contribution in [0.3, 0.4) is 0 Å². The van der Waals surface area contributed by atoms with Crippen molar-refractivity contribution in [2.24, 2.45) is 5.92 Å². The van der Waals surface area contributed by atoms with Crippen molar-refractivity contribution >= 4 is 40.7 Å². The van der Waals surface area contributed by atoms with Crippen LogP contribution in [0.4, 0.5) is 5.69 Å². The molecular formula is C18H22Cl2N2O2. The van der Waals surface area contributed by atoms with Gasteiger partial charge in [0.15, 0.2) is 0 Å². The van der Waals surface area contributed by atoms with E-state index in [4.69, 9.17) is 23.2 Å². The molecular weight excluding hydrogens is 347 g/mol. The van der Waals surface area contributed by atoms with Gasteiger partial charge in [-0.3, -0.25) is 9.59 Å². The summed E-state index contributed by atoms with van der Waals surface area (Å²) in [6.07, 6.45) is 4.50. The number of benzene rings is 1. The van der Waals surface area contributed by atoms with Gasteiger partial charge >= 0.3 is 0 Å². The van der Waals surface area contributed by atoms with Gasteiger partial charge in [-0.2, -0.15) is 0 Å². The largest absolute Gasteiger partial charge is 0.339 e. The predicted octanol–water partition coefficient (Wildman–Crippen LogP) is 4.14. The molecule has 2 aliphatic heterocycles. The third-order valence-corrected chi connectivity index (χ3v) is 5.89. The molecule has 0 spiro atoms. The van der Waals surface area contributed by atoms with Gasteiger partial charge in [-0.05, 0) is 37.8 Å². The first-order chi connectivity index (χ1) is 11.5. The zero-order valence-electron chi connectivity index (χ0n) is 13.8. The smallest absolute Gasteiger partial charge is 0.228 e. The third-order valence-electron chi connectivity index (χ3n) is 5.08. The summed E-state index contributed by atoms with van der Waals surface area (Å²) < 4.78 is 0. The summed E-state index contributed by atoms with van der Waals surface area (Å²) in [4.78, 5) is 29.0. The molecule has 1 aromatic rings. The summed E-state index contributed by atoms with van der Waals surface area (Å²) in [5.41, 5.74) is 0.593. The van der Waals surface area contributed by atoms with Crippen molar-refractivity contribution in [1.82, 2.24) is 4.90 Å². The van der Waals surface area contributed by atoms with Gasteiger partial charge in [0, 0.05) is 25.6 Å². The van der Waals surface area contributed by atoms with Crippen molar-refractivity contribution < 1.29 is 9.59 Å². The Balaban J connectivity index is 1.77. The van der Waals surface area contributed by atoms with Crippen molar-refractivity contribution in [3.05, 3.63) is 28.2 Å². The quantitative estimate of drug-likeness (QED) is 0.804. The molecule has 1 aromatic carbocycles. The van der Waals surface area contributed by atoms with Crippen LogP contribution in [0.1, 0.15) is 39.0 Å². The molecule has 130 valence electrons. The lowest BCUT2D eigenvalue weighted by Gasteiger charge is -2.36. The highest BCUT2D eigenvalue weighted by atomic mass is 35.5. The number of piperidine rings is 1. The summed E-state index contributed by atoms with van der Waals surface area (Å²) >= 11 is 12.3. The minimum absolute atomic E-state index is 0.0671. The maximum atomic E-state index is 12.9. The van der Waals surface area contributed by atoms with Gasteiger partial charge in [0.1, 0.15) is 0 Å². The molecule has 0 aliphatic carbocycles. The number of rotatable bonds is 3. The van der Waals surface area contributed by atoms with Crippen molar-refractivity contribution in [3.8, 4) is 0 Å². The van der Waals surface area contributed by atoms with Gasteiger partial charge in [-0.25, -0.2) is 0 Å². The first-order valence-electron chi connectivity index (χ1n) is 8.57. The minimum Gasteiger partial charge on any atom is -0.339 e. The van der Waals surface area contributed by atoms with E-state index in [0.29, 0.717) is 28.3 Å². The zero-order chi connectivity index (χ0) is 17.3. The fourth-order valence-electron chi connectivity index (χ4n) is 3.76. The molecule has 24 heavy (non-hydrogen) atoms. The van der Waals surface area contributed by atoms with Gasteiger partial charge in [0.05, 0.1) is 21.7 Å². The van der Waals surface area contributed by atoms with Crippen LogP contribution in [0, 0.1) is 5.92 Å². The average Bonchev–Trinajstić information content (AvgIpc) is 2.98. The van der Waals surface area contributed by atoms with E-state index in [1.54, 1.807) is 23.1 Å². The standard InChI is InChI=1S/C18H22Cl2N2O2/c1-2-13-6-3-4-9-21(13)18(24)12-10-16(23)22(11-12)15-8-5-7-14(19)17(15)20/h5,7-8,12-13H,2-4,6,9-11H2,1H3. The normalized spacial score (nSPS) is 24.5. The SMILES string of the molecule is CCC1CCCCN1C(=O)C1CC(=O)N(c2cccc(Cl)c2Cl)C1. The van der Waals surface area contributed by atoms with E-state index in [0.717, 1.165) is 25.8 Å². The molecule has 0 aromatic heterocycles. The monoisotopic (exact) mass is 368 g/mol. The topological polar surface area (TPSA) is 40.6 Å². The molecule has 2 atom stereocenters. The van der Waals surface area contributed by atoms with Crippen LogP contribution < -0.4 is 4.90 Å². The Bertz CT molecular complexity index is 650. The van der Waals surface area contributed by atoms with Gasteiger partial charge in [0.2, 0.25) is 11.8 Å². The molecule has 0 radical (unpaired) electrons. The number of amides is 2. The van der Waals surface area contributed by atoms with E-state index in [2.05, 4.69) is 6.92 Å². The van der Waals surface area contributed by atoms with Crippen LogP contribution in [-0.2, 0) is 9.59 Å². The summed E-state index contributed by atoms with van der Waals surface area (Å²) in [6.45, 7) is 3.30. The van der Waals surface area contributed by atoms with Gasteiger partial charge in [-0.1, -0.05) is 36.2 Å². The Morgan fingerprint density at radius 1 is 1.29 bits per heavy atom. The van der Waals surface area contributed by atoms with E-state index in [9.17, 15) is 9.59 Å². The fourth-order valence-corrected chi connectivity index (χ4v) is 4.15. The minimum atomic E-state index is -0.292. The van der Waals surface area contributed by atoms with E-state index in [1.165, 1.54) is 6.42 Å². The molecule has 2 heterocycles. The molecule has 6 heteroatoms. The number of hydrogen-bond acceptors (Lipinski definition) is 2. The summed E-state index contributed by atoms with van der Waals surface area (Å²) in [6, 6.07) is 5.54. The number of nitrogens with zero attached hydrogens (tertiary/aromatic N) is 2. The van der Waals surface area contributed by atoms with Crippen LogP contribution in [0.15, 0.2) is 18.2 Å². The number of carbonyl (C=O) groups excluding carboxylic acids is 2. The summed E-state index contributed by atoms with van der Waals surface area (Å²) in [5.74, 6) is -0.252. The van der Waals surface area contributed by atoms with Crippen molar-refractivity contribution in [2.75, 3.05) is 18.0 Å². The van der Waals surface area contributed by atoms with Crippen LogP contribution in [-0.4, -0.2) is 35.8 Å². The van der Waals surface area contributed by atoms with E-state index >= 15 is 0 Å². The Hall–Kier alpha value is -1.26. The van der Waals surface area contributed by atoms with E-state index in [1.807, 2.05) is 4.90 Å². The first kappa shape index (κ1) is 17.6. The number of likely N-dealkylation sites (tertiary alicyclic amines) is 1. The van der Waals surface area contributed by atoms with Crippen LogP contribution in [0.2, 0.25) is 10.0 Å². The molecule has 0 saturated carbocycles. The second kappa shape index (κ2) is 7.32. The zero-order valence-corrected chi connectivity index (χ0v) is 15.3. The number of anilines is 1. The lowest BCUT2D eigenvalue weighted by atomic mass is 9.97. The lowest BCUT2D eigenvalue weighted by Crippen LogP contribution is -2.46. The third kappa shape index (κ3) is 3.27. The second-order valence-corrected chi connectivity index (χ2v) is 7.35. The first-order valence-corrected chi connectivity index (χ1v) is 9.33. The maximum absolute atomic E-state index is 12.9. The van der Waals surface area contributed by atoms with Crippen molar-refractivity contribution in [3.63, 3.8) is 0 Å². The molecule has 2 aliphatic rings. The molecule has 2 amide bonds. The number of hydrogen-bond donors (Lipinski definition) is 0. The molecule has 4 nitrogen and oxygen atoms in total. The van der Waals surface area contributed by atoms with Gasteiger partial charge in [-0.15, -0.1) is 0 Å². The second-order valence-electron chi connectivity index (χ2n) is 6.57. The van der Waals surface area contributed by atoms with Crippen LogP contribution >= 0.6 is 23.2 Å². The van der Waals surface area contributed by atoms with Crippen LogP contribution in [0.25, 0.3) is 0 Å². The van der Waals surface area contributed by atoms with Crippen molar-refractivity contribution in [1.29, 1.82) is 0 Å². The maximum Gasteiger partial charge on any atom is 0.228 e. The molecule has 3 rings (SSSR count). The predicted molar refractivity (Wildman–Crippen MR) is 96.6 cm³/mol. The molecule has 0 N–H and O–H groups in total. The van der Waals surface area contributed by atoms with E-state index in [-0.39, 0.29) is 24.2 Å². The van der Waals surface area contributed by atoms with Gasteiger partial charge in [0.25, 0.3) is 0 Å². The molecule has 2 saturated heterocycles. The lowest BCUT2D eigenvalue weighted by molar-refractivity contribution is -0.139. The number of halogens is 2. The molecule has 2 fully saturated rings. The average molecular weight is 369 g/mol. The van der Waals surface area contributed by atoms with Crippen LogP contribution in [0.5, 0.6) is 0 Å². The molecule has 2 unspecified atom stereocenters. The Morgan fingerprint density at radius 3 is 2.83 bits per heavy atom. The van der Waals surface area contributed by atoms with Gasteiger partial charge < -0.3 is 9.80 Å². The highest BCUT2D eigenvalue weighted by Gasteiger charge is 2.39. The Labute approximate surface area is 152 Å². The van der Waals surface area contributed by atoms with E-state index < -0.39 is 0 Å². The Kier molecular flexibility index (Phi) is 5.36. The highest BCUT2D eigenvalue weighted by molar-refractivity contribution is 6.44. The fraction of sp³-hybridized carbons (Fsp3) is 0.556. The highest BCUT2D eigenvalue weighted by Crippen LogP contribution is 2.36. The summed E-state index contributed by atoms with van der Waals surface area (Å²) in [5, 5.41) is 0.781. The number of carbonyl (C=O) groups is 2. The summed E-state index contributed by atoms with van der Waals surface area (Å²) in [7, 11) is 0. The Morgan fingerprint density at radius 2 is 2.08 bits per heavy atom. The van der Waals surface area contributed by atoms with Crippen molar-refractivity contribution in [2.45, 2.75) is 45.1 Å².